The highest BCUT2D eigenvalue weighted by Gasteiger charge is 2.60. The summed E-state index contributed by atoms with van der Waals surface area (Å²) in [6.07, 6.45) is 18.5. The van der Waals surface area contributed by atoms with Crippen LogP contribution in [-0.4, -0.2) is 48.4 Å². The first-order valence-electron chi connectivity index (χ1n) is 21.6. The highest BCUT2D eigenvalue weighted by Crippen LogP contribution is 2.66. The highest BCUT2D eigenvalue weighted by atomic mass is 28.4. The van der Waals surface area contributed by atoms with E-state index in [1.807, 2.05) is 6.26 Å². The number of ether oxygens (including phenoxy) is 1. The molecule has 0 spiro atoms. The predicted molar refractivity (Wildman–Crippen MR) is 236 cm³/mol. The van der Waals surface area contributed by atoms with Gasteiger partial charge in [0.2, 0.25) is 0 Å². The molecule has 0 amide bonds. The van der Waals surface area contributed by atoms with E-state index in [2.05, 4.69) is 154 Å². The van der Waals surface area contributed by atoms with E-state index in [1.165, 1.54) is 36.5 Å². The molecule has 6 atom stereocenters. The Morgan fingerprint density at radius 1 is 0.792 bits per heavy atom. The Balaban J connectivity index is 1.59. The molecule has 2 fully saturated rings. The average molecular weight is 785 g/mol. The van der Waals surface area contributed by atoms with Gasteiger partial charge in [0.1, 0.15) is 5.60 Å². The maximum absolute atomic E-state index is 7.59. The quantitative estimate of drug-likeness (QED) is 0.0999. The molecule has 7 heteroatoms. The largest absolute Gasteiger partial charge is 0.491 e. The van der Waals surface area contributed by atoms with E-state index in [0.29, 0.717) is 11.8 Å². The Bertz CT molecular complexity index is 1420. The zero-order valence-corrected chi connectivity index (χ0v) is 41.2. The van der Waals surface area contributed by atoms with Crippen LogP contribution in [0.1, 0.15) is 142 Å². The first kappa shape index (κ1) is 45.0. The minimum Gasteiger partial charge on any atom is -0.491 e. The summed E-state index contributed by atoms with van der Waals surface area (Å²) in [4.78, 5) is 0. The van der Waals surface area contributed by atoms with Gasteiger partial charge in [-0.1, -0.05) is 106 Å². The van der Waals surface area contributed by atoms with Gasteiger partial charge in [-0.05, 0) is 150 Å². The standard InChI is InChI=1S/C46H84O4Si3/c1-20-53(21-2,22-3)50-43(10,11)29-23-31-47-44(12,13)39-27-26-37-36-25-24-34-32-35(48-51(16,17)41(4,5)6)33-40(49-52(18,19)42(7,8)9)46(34,15)38(36)28-30-45(37,39)14/h23-25,27,31,35,37-38,40H,20-22,26,28-30,32-33H2,1-19H3/b31-23+/t35-,37+,38+,40+,45+,46+/m1/s1. The van der Waals surface area contributed by atoms with Crippen molar-refractivity contribution in [2.24, 2.45) is 22.7 Å². The van der Waals surface area contributed by atoms with E-state index in [0.717, 1.165) is 25.7 Å². The molecule has 0 aromatic rings. The van der Waals surface area contributed by atoms with Crippen LogP contribution in [0.5, 0.6) is 0 Å². The number of allylic oxidation sites excluding steroid dienone is 4. The number of rotatable bonds is 14. The molecule has 0 saturated heterocycles. The Labute approximate surface area is 331 Å². The van der Waals surface area contributed by atoms with Crippen LogP contribution in [0.15, 0.2) is 47.3 Å². The monoisotopic (exact) mass is 785 g/mol. The molecule has 0 radical (unpaired) electrons. The first-order valence-corrected chi connectivity index (χ1v) is 29.9. The Morgan fingerprint density at radius 3 is 1.91 bits per heavy atom. The summed E-state index contributed by atoms with van der Waals surface area (Å²) in [6.45, 7) is 45.1. The molecule has 4 aliphatic rings. The number of fused-ring (bicyclic) bond motifs is 5. The third-order valence-electron chi connectivity index (χ3n) is 15.8. The minimum atomic E-state index is -2.05. The molecule has 304 valence electrons. The lowest BCUT2D eigenvalue weighted by atomic mass is 9.49. The van der Waals surface area contributed by atoms with Crippen LogP contribution in [0.25, 0.3) is 0 Å². The van der Waals surface area contributed by atoms with Gasteiger partial charge in [-0.3, -0.25) is 0 Å². The second-order valence-electron chi connectivity index (χ2n) is 22.2. The minimum absolute atomic E-state index is 0.0195. The van der Waals surface area contributed by atoms with Crippen LogP contribution in [0.2, 0.25) is 54.4 Å². The summed E-state index contributed by atoms with van der Waals surface area (Å²) in [7, 11) is -5.67. The van der Waals surface area contributed by atoms with E-state index in [-0.39, 0.29) is 44.3 Å². The zero-order chi connectivity index (χ0) is 40.3. The van der Waals surface area contributed by atoms with Crippen LogP contribution >= 0.6 is 0 Å². The lowest BCUT2D eigenvalue weighted by Crippen LogP contribution is -2.58. The van der Waals surface area contributed by atoms with Crippen LogP contribution < -0.4 is 0 Å². The molecule has 4 nitrogen and oxygen atoms in total. The van der Waals surface area contributed by atoms with Crippen LogP contribution in [0.4, 0.5) is 0 Å². The SMILES string of the molecule is CC[Si](CC)(CC)OC(C)(C)C/C=C/OC(C)(C)C1=CC[C@H]2C3=CC=C4C[C@@H](O[Si](C)(C)C(C)(C)C)C[C@H](O[Si](C)(C)C(C)(C)C)[C@]4(C)[C@H]3CC[C@]12C. The molecule has 4 aliphatic carbocycles. The summed E-state index contributed by atoms with van der Waals surface area (Å²) in [6, 6.07) is 3.53. The fourth-order valence-electron chi connectivity index (χ4n) is 10.1. The molecule has 0 unspecified atom stereocenters. The molecule has 0 heterocycles. The maximum Gasteiger partial charge on any atom is 0.192 e. The zero-order valence-electron chi connectivity index (χ0n) is 38.2. The van der Waals surface area contributed by atoms with E-state index in [1.54, 1.807) is 11.1 Å². The second kappa shape index (κ2) is 15.2. The third kappa shape index (κ3) is 8.76. The summed E-state index contributed by atoms with van der Waals surface area (Å²) >= 11 is 0. The second-order valence-corrected chi connectivity index (χ2v) is 36.4. The summed E-state index contributed by atoms with van der Waals surface area (Å²) in [5.41, 5.74) is 4.20. The topological polar surface area (TPSA) is 36.9 Å². The van der Waals surface area contributed by atoms with Gasteiger partial charge < -0.3 is 18.0 Å². The number of hydrogen-bond donors (Lipinski definition) is 0. The molecule has 0 aromatic heterocycles. The molecule has 2 saturated carbocycles. The lowest BCUT2D eigenvalue weighted by molar-refractivity contribution is -0.0409. The molecule has 0 aromatic carbocycles. The third-order valence-corrected chi connectivity index (χ3v) is 29.7. The van der Waals surface area contributed by atoms with Crippen LogP contribution in [0.3, 0.4) is 0 Å². The van der Waals surface area contributed by atoms with E-state index in [4.69, 9.17) is 18.0 Å². The van der Waals surface area contributed by atoms with Gasteiger partial charge in [0.15, 0.2) is 25.0 Å². The smallest absolute Gasteiger partial charge is 0.192 e. The highest BCUT2D eigenvalue weighted by molar-refractivity contribution is 6.74. The van der Waals surface area contributed by atoms with Crippen molar-refractivity contribution in [1.82, 2.24) is 0 Å². The normalized spacial score (nSPS) is 30.4. The predicted octanol–water partition coefficient (Wildman–Crippen LogP) is 14.3. The Hall–Kier alpha value is -0.709. The van der Waals surface area contributed by atoms with Crippen molar-refractivity contribution in [3.63, 3.8) is 0 Å². The van der Waals surface area contributed by atoms with Gasteiger partial charge >= 0.3 is 0 Å². The van der Waals surface area contributed by atoms with Crippen molar-refractivity contribution in [1.29, 1.82) is 0 Å². The molecule has 4 rings (SSSR count). The van der Waals surface area contributed by atoms with Crippen molar-refractivity contribution in [3.05, 3.63) is 47.3 Å². The van der Waals surface area contributed by atoms with Crippen molar-refractivity contribution < 1.29 is 18.0 Å². The van der Waals surface area contributed by atoms with Gasteiger partial charge in [0, 0.05) is 5.41 Å². The molecule has 0 N–H and O–H groups in total. The molecule has 53 heavy (non-hydrogen) atoms. The van der Waals surface area contributed by atoms with Gasteiger partial charge in [0.05, 0.1) is 24.1 Å². The molecular weight excluding hydrogens is 701 g/mol. The maximum atomic E-state index is 7.59. The van der Waals surface area contributed by atoms with E-state index >= 15 is 0 Å². The van der Waals surface area contributed by atoms with E-state index in [9.17, 15) is 0 Å². The van der Waals surface area contributed by atoms with Crippen LogP contribution in [-0.2, 0) is 18.0 Å². The van der Waals surface area contributed by atoms with E-state index < -0.39 is 25.0 Å². The van der Waals surface area contributed by atoms with Gasteiger partial charge in [-0.15, -0.1) is 0 Å². The van der Waals surface area contributed by atoms with Crippen molar-refractivity contribution >= 4 is 25.0 Å². The summed E-state index contributed by atoms with van der Waals surface area (Å²) < 4.78 is 28.4. The van der Waals surface area contributed by atoms with Crippen LogP contribution in [0, 0.1) is 22.7 Å². The van der Waals surface area contributed by atoms with Gasteiger partial charge in [-0.2, -0.15) is 0 Å². The average Bonchev–Trinajstić information content (AvgIpc) is 3.39. The Morgan fingerprint density at radius 2 is 1.36 bits per heavy atom. The van der Waals surface area contributed by atoms with Crippen molar-refractivity contribution in [3.8, 4) is 0 Å². The first-order chi connectivity index (χ1) is 24.0. The van der Waals surface area contributed by atoms with Gasteiger partial charge in [-0.25, -0.2) is 0 Å². The fraction of sp³-hybridized carbons (Fsp3) is 0.826. The molecular formula is C46H84O4Si3. The van der Waals surface area contributed by atoms with Gasteiger partial charge in [0.25, 0.3) is 0 Å². The van der Waals surface area contributed by atoms with Crippen molar-refractivity contribution in [2.75, 3.05) is 0 Å². The van der Waals surface area contributed by atoms with Crippen molar-refractivity contribution in [2.45, 2.75) is 220 Å². The summed E-state index contributed by atoms with van der Waals surface area (Å²) in [5.74, 6) is 0.989. The molecule has 0 bridgehead atoms. The number of hydrogen-bond acceptors (Lipinski definition) is 4. The Kier molecular flexibility index (Phi) is 12.9. The fourth-order valence-corrected chi connectivity index (χ4v) is 16.1. The molecule has 0 aliphatic heterocycles. The lowest BCUT2D eigenvalue weighted by Gasteiger charge is -2.59. The summed E-state index contributed by atoms with van der Waals surface area (Å²) in [5, 5.41) is 0.335.